The Balaban J connectivity index is 1.51. The number of nitrogens with zero attached hydrogens (tertiary/aromatic N) is 1. The van der Waals surface area contributed by atoms with Gasteiger partial charge in [0, 0.05) is 29.7 Å². The summed E-state index contributed by atoms with van der Waals surface area (Å²) in [6.07, 6.45) is 4.13. The zero-order valence-corrected chi connectivity index (χ0v) is 17.5. The third kappa shape index (κ3) is 4.38. The standard InChI is InChI=1S/C23H27N3O2S/c1-2-15-26-16-13-19(17-26)18-9-11-20(12-10-18)25-29(27,28)23-8-4-3-6-21(23)22-7-5-14-24-22/h3-12,14,19,24-25H,2,13,15-17H2,1H3/t19-/m1/s1. The molecule has 2 aromatic carbocycles. The Morgan fingerprint density at radius 3 is 2.59 bits per heavy atom. The Labute approximate surface area is 172 Å². The second-order valence-corrected chi connectivity index (χ2v) is 9.24. The molecule has 1 saturated heterocycles. The number of benzene rings is 2. The lowest BCUT2D eigenvalue weighted by Crippen LogP contribution is -2.20. The van der Waals surface area contributed by atoms with Crippen molar-refractivity contribution < 1.29 is 8.42 Å². The number of H-pyrrole nitrogens is 1. The average molecular weight is 410 g/mol. The Hall–Kier alpha value is -2.57. The molecule has 0 saturated carbocycles. The Bertz CT molecular complexity index is 1040. The van der Waals surface area contributed by atoms with Gasteiger partial charge in [-0.15, -0.1) is 0 Å². The summed E-state index contributed by atoms with van der Waals surface area (Å²) in [4.78, 5) is 5.85. The molecule has 1 aliphatic rings. The normalized spacial score (nSPS) is 17.5. The van der Waals surface area contributed by atoms with E-state index in [4.69, 9.17) is 0 Å². The van der Waals surface area contributed by atoms with Crippen LogP contribution in [0.15, 0.2) is 71.8 Å². The summed E-state index contributed by atoms with van der Waals surface area (Å²) >= 11 is 0. The number of aromatic nitrogens is 1. The third-order valence-electron chi connectivity index (χ3n) is 5.51. The first-order chi connectivity index (χ1) is 14.1. The van der Waals surface area contributed by atoms with E-state index in [0.717, 1.165) is 31.7 Å². The molecular formula is C23H27N3O2S. The van der Waals surface area contributed by atoms with Gasteiger partial charge in [0.05, 0.1) is 4.90 Å². The van der Waals surface area contributed by atoms with Gasteiger partial charge >= 0.3 is 0 Å². The number of hydrogen-bond acceptors (Lipinski definition) is 3. The fourth-order valence-electron chi connectivity index (χ4n) is 4.08. The van der Waals surface area contributed by atoms with Gasteiger partial charge in [0.1, 0.15) is 0 Å². The molecule has 152 valence electrons. The highest BCUT2D eigenvalue weighted by Gasteiger charge is 2.23. The van der Waals surface area contributed by atoms with Crippen molar-refractivity contribution in [2.24, 2.45) is 0 Å². The maximum atomic E-state index is 13.0. The van der Waals surface area contributed by atoms with E-state index in [2.05, 4.69) is 33.7 Å². The van der Waals surface area contributed by atoms with Crippen LogP contribution in [0.4, 0.5) is 5.69 Å². The van der Waals surface area contributed by atoms with E-state index in [1.807, 2.05) is 36.4 Å². The van der Waals surface area contributed by atoms with Crippen LogP contribution >= 0.6 is 0 Å². The van der Waals surface area contributed by atoms with Crippen molar-refractivity contribution in [1.82, 2.24) is 9.88 Å². The smallest absolute Gasteiger partial charge is 0.262 e. The first kappa shape index (κ1) is 19.7. The zero-order valence-electron chi connectivity index (χ0n) is 16.6. The number of likely N-dealkylation sites (tertiary alicyclic amines) is 1. The molecule has 0 unspecified atom stereocenters. The minimum Gasteiger partial charge on any atom is -0.361 e. The quantitative estimate of drug-likeness (QED) is 0.595. The van der Waals surface area contributed by atoms with Crippen molar-refractivity contribution in [3.05, 3.63) is 72.4 Å². The SMILES string of the molecule is CCCN1CC[C@@H](c2ccc(NS(=O)(=O)c3ccccc3-c3ccc[nH]3)cc2)C1. The molecule has 2 N–H and O–H groups in total. The number of hydrogen-bond donors (Lipinski definition) is 2. The number of anilines is 1. The van der Waals surface area contributed by atoms with Crippen molar-refractivity contribution in [3.63, 3.8) is 0 Å². The fourth-order valence-corrected chi connectivity index (χ4v) is 5.36. The Morgan fingerprint density at radius 1 is 1.07 bits per heavy atom. The largest absolute Gasteiger partial charge is 0.361 e. The fraction of sp³-hybridized carbons (Fsp3) is 0.304. The van der Waals surface area contributed by atoms with Gasteiger partial charge < -0.3 is 9.88 Å². The predicted octanol–water partition coefficient (Wildman–Crippen LogP) is 4.68. The summed E-state index contributed by atoms with van der Waals surface area (Å²) in [6, 6.07) is 18.6. The molecule has 1 aliphatic heterocycles. The highest BCUT2D eigenvalue weighted by molar-refractivity contribution is 7.92. The lowest BCUT2D eigenvalue weighted by Gasteiger charge is -2.15. The molecule has 0 radical (unpaired) electrons. The molecule has 2 heterocycles. The van der Waals surface area contributed by atoms with Crippen LogP contribution < -0.4 is 4.72 Å². The molecular weight excluding hydrogens is 382 g/mol. The molecule has 1 atom stereocenters. The second-order valence-electron chi connectivity index (χ2n) is 7.59. The van der Waals surface area contributed by atoms with Crippen LogP contribution in [-0.4, -0.2) is 37.9 Å². The first-order valence-corrected chi connectivity index (χ1v) is 11.6. The number of sulfonamides is 1. The summed E-state index contributed by atoms with van der Waals surface area (Å²) in [5, 5.41) is 0. The molecule has 0 bridgehead atoms. The van der Waals surface area contributed by atoms with Crippen molar-refractivity contribution in [2.45, 2.75) is 30.6 Å². The van der Waals surface area contributed by atoms with Gasteiger partial charge in [-0.3, -0.25) is 4.72 Å². The van der Waals surface area contributed by atoms with E-state index in [9.17, 15) is 8.42 Å². The van der Waals surface area contributed by atoms with Gasteiger partial charge in [-0.1, -0.05) is 37.3 Å². The summed E-state index contributed by atoms with van der Waals surface area (Å²) in [5.74, 6) is 0.529. The van der Waals surface area contributed by atoms with Crippen molar-refractivity contribution >= 4 is 15.7 Å². The average Bonchev–Trinajstić information content (AvgIpc) is 3.41. The zero-order chi connectivity index (χ0) is 20.3. The van der Waals surface area contributed by atoms with Crippen molar-refractivity contribution in [3.8, 4) is 11.3 Å². The van der Waals surface area contributed by atoms with Crippen LogP contribution in [0, 0.1) is 0 Å². The van der Waals surface area contributed by atoms with Crippen LogP contribution in [0.2, 0.25) is 0 Å². The molecule has 4 rings (SSSR count). The maximum Gasteiger partial charge on any atom is 0.262 e. The number of aromatic amines is 1. The minimum absolute atomic E-state index is 0.262. The van der Waals surface area contributed by atoms with Gasteiger partial charge in [0.2, 0.25) is 0 Å². The van der Waals surface area contributed by atoms with E-state index in [0.29, 0.717) is 17.2 Å². The molecule has 1 fully saturated rings. The van der Waals surface area contributed by atoms with E-state index < -0.39 is 10.0 Å². The third-order valence-corrected chi connectivity index (χ3v) is 6.95. The predicted molar refractivity (Wildman–Crippen MR) is 118 cm³/mol. The van der Waals surface area contributed by atoms with Gasteiger partial charge in [-0.05, 0) is 67.7 Å². The molecule has 0 aliphatic carbocycles. The lowest BCUT2D eigenvalue weighted by molar-refractivity contribution is 0.335. The summed E-state index contributed by atoms with van der Waals surface area (Å²) in [5.41, 5.74) is 3.29. The van der Waals surface area contributed by atoms with Gasteiger partial charge in [0.25, 0.3) is 10.0 Å². The molecule has 0 spiro atoms. The Morgan fingerprint density at radius 2 is 1.86 bits per heavy atom. The van der Waals surface area contributed by atoms with E-state index in [1.54, 1.807) is 18.3 Å². The van der Waals surface area contributed by atoms with Crippen LogP contribution in [0.1, 0.15) is 31.2 Å². The maximum absolute atomic E-state index is 13.0. The van der Waals surface area contributed by atoms with Crippen LogP contribution in [0.5, 0.6) is 0 Å². The summed E-state index contributed by atoms with van der Waals surface area (Å²) in [7, 11) is -3.70. The summed E-state index contributed by atoms with van der Waals surface area (Å²) < 4.78 is 28.8. The van der Waals surface area contributed by atoms with Crippen molar-refractivity contribution in [1.29, 1.82) is 0 Å². The molecule has 1 aromatic heterocycles. The van der Waals surface area contributed by atoms with Crippen LogP contribution in [-0.2, 0) is 10.0 Å². The highest BCUT2D eigenvalue weighted by atomic mass is 32.2. The Kier molecular flexibility index (Phi) is 5.74. The molecule has 0 amide bonds. The molecule has 29 heavy (non-hydrogen) atoms. The summed E-state index contributed by atoms with van der Waals surface area (Å²) in [6.45, 7) is 5.58. The van der Waals surface area contributed by atoms with E-state index in [-0.39, 0.29) is 4.90 Å². The monoisotopic (exact) mass is 409 g/mol. The van der Waals surface area contributed by atoms with Gasteiger partial charge in [-0.25, -0.2) is 8.42 Å². The second kappa shape index (κ2) is 8.43. The number of nitrogens with one attached hydrogen (secondary N) is 2. The minimum atomic E-state index is -3.70. The van der Waals surface area contributed by atoms with Crippen LogP contribution in [0.25, 0.3) is 11.3 Å². The molecule has 6 heteroatoms. The van der Waals surface area contributed by atoms with Crippen molar-refractivity contribution in [2.75, 3.05) is 24.4 Å². The number of rotatable bonds is 7. The van der Waals surface area contributed by atoms with Crippen LogP contribution in [0.3, 0.4) is 0 Å². The van der Waals surface area contributed by atoms with Gasteiger partial charge in [0.15, 0.2) is 0 Å². The molecule has 5 nitrogen and oxygen atoms in total. The van der Waals surface area contributed by atoms with E-state index >= 15 is 0 Å². The van der Waals surface area contributed by atoms with E-state index in [1.165, 1.54) is 12.0 Å². The topological polar surface area (TPSA) is 65.2 Å². The highest BCUT2D eigenvalue weighted by Crippen LogP contribution is 2.30. The molecule has 3 aromatic rings. The van der Waals surface area contributed by atoms with Gasteiger partial charge in [-0.2, -0.15) is 0 Å². The first-order valence-electron chi connectivity index (χ1n) is 10.1. The lowest BCUT2D eigenvalue weighted by atomic mass is 9.98.